The Morgan fingerprint density at radius 2 is 2.00 bits per heavy atom. The Labute approximate surface area is 119 Å². The molecule has 0 saturated heterocycles. The SMILES string of the molecule is Cn1ccnc1CCNC(=O)C(C)(C)c1ccccc1. The van der Waals surface area contributed by atoms with E-state index in [1.54, 1.807) is 6.20 Å². The highest BCUT2D eigenvalue weighted by Gasteiger charge is 2.29. The molecule has 0 fully saturated rings. The number of nitrogens with zero attached hydrogens (tertiary/aromatic N) is 2. The molecule has 0 atom stereocenters. The summed E-state index contributed by atoms with van der Waals surface area (Å²) in [6, 6.07) is 9.84. The third-order valence-corrected chi connectivity index (χ3v) is 3.62. The molecule has 0 unspecified atom stereocenters. The molecule has 4 heteroatoms. The number of hydrogen-bond donors (Lipinski definition) is 1. The van der Waals surface area contributed by atoms with Crippen LogP contribution in [0.15, 0.2) is 42.7 Å². The molecule has 2 rings (SSSR count). The van der Waals surface area contributed by atoms with Gasteiger partial charge in [0.15, 0.2) is 0 Å². The van der Waals surface area contributed by atoms with Crippen LogP contribution in [0.3, 0.4) is 0 Å². The van der Waals surface area contributed by atoms with Crippen LogP contribution < -0.4 is 5.32 Å². The molecule has 0 saturated carbocycles. The van der Waals surface area contributed by atoms with E-state index in [2.05, 4.69) is 10.3 Å². The zero-order chi connectivity index (χ0) is 14.6. The quantitative estimate of drug-likeness (QED) is 0.904. The highest BCUT2D eigenvalue weighted by Crippen LogP contribution is 2.22. The second-order valence-electron chi connectivity index (χ2n) is 5.45. The second-order valence-corrected chi connectivity index (χ2v) is 5.45. The minimum absolute atomic E-state index is 0.0397. The fourth-order valence-corrected chi connectivity index (χ4v) is 2.13. The molecule has 106 valence electrons. The van der Waals surface area contributed by atoms with Crippen LogP contribution in [0.2, 0.25) is 0 Å². The number of imidazole rings is 1. The summed E-state index contributed by atoms with van der Waals surface area (Å²) in [6.07, 6.45) is 4.41. The Hall–Kier alpha value is -2.10. The third-order valence-electron chi connectivity index (χ3n) is 3.62. The Kier molecular flexibility index (Phi) is 4.23. The van der Waals surface area contributed by atoms with Crippen molar-refractivity contribution in [3.8, 4) is 0 Å². The molecular weight excluding hydrogens is 250 g/mol. The van der Waals surface area contributed by atoms with Gasteiger partial charge in [0, 0.05) is 32.4 Å². The highest BCUT2D eigenvalue weighted by atomic mass is 16.2. The van der Waals surface area contributed by atoms with Gasteiger partial charge >= 0.3 is 0 Å². The van der Waals surface area contributed by atoms with E-state index in [4.69, 9.17) is 0 Å². The molecule has 0 aliphatic carbocycles. The number of aryl methyl sites for hydroxylation is 1. The van der Waals surface area contributed by atoms with E-state index in [1.165, 1.54) is 0 Å². The molecule has 0 aliphatic rings. The third kappa shape index (κ3) is 3.07. The fourth-order valence-electron chi connectivity index (χ4n) is 2.13. The molecule has 1 heterocycles. The number of nitrogens with one attached hydrogen (secondary N) is 1. The molecule has 1 amide bonds. The van der Waals surface area contributed by atoms with Crippen molar-refractivity contribution in [1.82, 2.24) is 14.9 Å². The molecule has 1 aromatic heterocycles. The van der Waals surface area contributed by atoms with Crippen LogP contribution in [0.4, 0.5) is 0 Å². The first kappa shape index (κ1) is 14.3. The average Bonchev–Trinajstić information content (AvgIpc) is 2.85. The summed E-state index contributed by atoms with van der Waals surface area (Å²) in [5.41, 5.74) is 0.498. The predicted octanol–water partition coefficient (Wildman–Crippen LogP) is 2.06. The maximum absolute atomic E-state index is 12.3. The maximum atomic E-state index is 12.3. The van der Waals surface area contributed by atoms with E-state index in [9.17, 15) is 4.79 Å². The van der Waals surface area contributed by atoms with Crippen molar-refractivity contribution < 1.29 is 4.79 Å². The van der Waals surface area contributed by atoms with Crippen LogP contribution >= 0.6 is 0 Å². The number of carbonyl (C=O) groups excluding carboxylic acids is 1. The van der Waals surface area contributed by atoms with Crippen LogP contribution in [0.25, 0.3) is 0 Å². The van der Waals surface area contributed by atoms with Crippen molar-refractivity contribution in [1.29, 1.82) is 0 Å². The van der Waals surface area contributed by atoms with Crippen LogP contribution in [0, 0.1) is 0 Å². The zero-order valence-corrected chi connectivity index (χ0v) is 12.3. The fraction of sp³-hybridized carbons (Fsp3) is 0.375. The average molecular weight is 271 g/mol. The van der Waals surface area contributed by atoms with Gasteiger partial charge in [0.05, 0.1) is 5.41 Å². The van der Waals surface area contributed by atoms with E-state index in [-0.39, 0.29) is 5.91 Å². The zero-order valence-electron chi connectivity index (χ0n) is 12.3. The summed E-state index contributed by atoms with van der Waals surface area (Å²) < 4.78 is 1.97. The van der Waals surface area contributed by atoms with Crippen molar-refractivity contribution in [3.05, 3.63) is 54.1 Å². The summed E-state index contributed by atoms with van der Waals surface area (Å²) in [5.74, 6) is 1.01. The minimum atomic E-state index is -0.525. The Balaban J connectivity index is 1.93. The van der Waals surface area contributed by atoms with Crippen LogP contribution in [-0.2, 0) is 23.7 Å². The first-order valence-electron chi connectivity index (χ1n) is 6.82. The van der Waals surface area contributed by atoms with Crippen LogP contribution in [0.1, 0.15) is 25.2 Å². The highest BCUT2D eigenvalue weighted by molar-refractivity contribution is 5.87. The molecule has 1 aromatic carbocycles. The molecule has 1 N–H and O–H groups in total. The van der Waals surface area contributed by atoms with Crippen molar-refractivity contribution in [2.45, 2.75) is 25.7 Å². The minimum Gasteiger partial charge on any atom is -0.355 e. The molecule has 0 spiro atoms. The van der Waals surface area contributed by atoms with Crippen molar-refractivity contribution in [2.24, 2.45) is 7.05 Å². The Morgan fingerprint density at radius 3 is 2.60 bits per heavy atom. The van der Waals surface area contributed by atoms with Gasteiger partial charge in [-0.05, 0) is 19.4 Å². The monoisotopic (exact) mass is 271 g/mol. The summed E-state index contributed by atoms with van der Waals surface area (Å²) in [5, 5.41) is 2.99. The number of carbonyl (C=O) groups is 1. The van der Waals surface area contributed by atoms with Crippen LogP contribution in [0.5, 0.6) is 0 Å². The number of rotatable bonds is 5. The van der Waals surface area contributed by atoms with E-state index < -0.39 is 5.41 Å². The lowest BCUT2D eigenvalue weighted by atomic mass is 9.84. The van der Waals surface area contributed by atoms with Crippen molar-refractivity contribution in [3.63, 3.8) is 0 Å². The predicted molar refractivity (Wildman–Crippen MR) is 79.4 cm³/mol. The molecule has 0 aliphatic heterocycles. The second kappa shape index (κ2) is 5.90. The van der Waals surface area contributed by atoms with E-state index in [1.807, 2.05) is 62.0 Å². The lowest BCUT2D eigenvalue weighted by molar-refractivity contribution is -0.125. The van der Waals surface area contributed by atoms with Gasteiger partial charge < -0.3 is 9.88 Å². The van der Waals surface area contributed by atoms with Gasteiger partial charge in [-0.3, -0.25) is 4.79 Å². The molecule has 4 nitrogen and oxygen atoms in total. The molecule has 20 heavy (non-hydrogen) atoms. The number of aromatic nitrogens is 2. The van der Waals surface area contributed by atoms with Gasteiger partial charge in [-0.2, -0.15) is 0 Å². The summed E-state index contributed by atoms with van der Waals surface area (Å²) in [6.45, 7) is 4.48. The molecule has 2 aromatic rings. The lowest BCUT2D eigenvalue weighted by Crippen LogP contribution is -2.41. The van der Waals surface area contributed by atoms with Gasteiger partial charge in [0.1, 0.15) is 5.82 Å². The summed E-state index contributed by atoms with van der Waals surface area (Å²) in [7, 11) is 1.96. The normalized spacial score (nSPS) is 11.3. The van der Waals surface area contributed by atoms with E-state index in [0.717, 1.165) is 17.8 Å². The van der Waals surface area contributed by atoms with Crippen molar-refractivity contribution >= 4 is 5.91 Å². The standard InChI is InChI=1S/C16H21N3O/c1-16(2,13-7-5-4-6-8-13)15(20)18-10-9-14-17-11-12-19(14)3/h4-8,11-12H,9-10H2,1-3H3,(H,18,20). The molecule has 0 bridgehead atoms. The smallest absolute Gasteiger partial charge is 0.230 e. The van der Waals surface area contributed by atoms with Crippen molar-refractivity contribution in [2.75, 3.05) is 6.54 Å². The number of amides is 1. The largest absolute Gasteiger partial charge is 0.355 e. The van der Waals surface area contributed by atoms with Crippen LogP contribution in [-0.4, -0.2) is 22.0 Å². The number of benzene rings is 1. The maximum Gasteiger partial charge on any atom is 0.230 e. The van der Waals surface area contributed by atoms with Gasteiger partial charge in [-0.15, -0.1) is 0 Å². The first-order valence-corrected chi connectivity index (χ1v) is 6.82. The summed E-state index contributed by atoms with van der Waals surface area (Å²) >= 11 is 0. The molecular formula is C16H21N3O. The van der Waals surface area contributed by atoms with E-state index in [0.29, 0.717) is 6.54 Å². The number of hydrogen-bond acceptors (Lipinski definition) is 2. The van der Waals surface area contributed by atoms with Gasteiger partial charge in [-0.1, -0.05) is 30.3 Å². The van der Waals surface area contributed by atoms with Gasteiger partial charge in [0.2, 0.25) is 5.91 Å². The van der Waals surface area contributed by atoms with E-state index >= 15 is 0 Å². The first-order chi connectivity index (χ1) is 9.51. The van der Waals surface area contributed by atoms with Gasteiger partial charge in [0.25, 0.3) is 0 Å². The molecule has 0 radical (unpaired) electrons. The topological polar surface area (TPSA) is 46.9 Å². The lowest BCUT2D eigenvalue weighted by Gasteiger charge is -2.24. The Bertz CT molecular complexity index is 572. The van der Waals surface area contributed by atoms with Gasteiger partial charge in [-0.25, -0.2) is 4.98 Å². The Morgan fingerprint density at radius 1 is 1.30 bits per heavy atom. The summed E-state index contributed by atoms with van der Waals surface area (Å²) in [4.78, 5) is 16.6.